The molecule has 1 aliphatic carbocycles. The van der Waals surface area contributed by atoms with Crippen LogP contribution in [0.15, 0.2) is 61.2 Å². The van der Waals surface area contributed by atoms with E-state index in [9.17, 15) is 14.4 Å². The van der Waals surface area contributed by atoms with Gasteiger partial charge in [0.25, 0.3) is 0 Å². The molecule has 3 rings (SSSR count). The van der Waals surface area contributed by atoms with Crippen molar-refractivity contribution >= 4 is 18.0 Å². The second kappa shape index (κ2) is 12.2. The van der Waals surface area contributed by atoms with E-state index in [0.29, 0.717) is 0 Å². The summed E-state index contributed by atoms with van der Waals surface area (Å²) in [7, 11) is 1.53. The lowest BCUT2D eigenvalue weighted by Crippen LogP contribution is -2.52. The molecule has 2 aromatic rings. The molecule has 186 valence electrons. The van der Waals surface area contributed by atoms with Crippen LogP contribution < -0.4 is 5.32 Å². The molecule has 0 radical (unpaired) electrons. The van der Waals surface area contributed by atoms with Gasteiger partial charge in [0, 0.05) is 26.0 Å². The number of ether oxygens (including phenoxy) is 2. The standard InChI is InChI=1S/C27H32N2O6/c1-4-15-29(18(2)16-34-3)26(32)24(13-14-25(30)31)28-27(33)35-17-23-21-11-7-5-9-19(21)20-10-6-8-12-22(20)23/h4-12,18,23-24H,1,13-17H2,2-3H3,(H,28,33)(H,30,31). The third kappa shape index (κ3) is 6.27. The Kier molecular flexibility index (Phi) is 9.03. The van der Waals surface area contributed by atoms with Gasteiger partial charge in [0.1, 0.15) is 12.6 Å². The number of hydrogen-bond donors (Lipinski definition) is 2. The maximum Gasteiger partial charge on any atom is 0.407 e. The maximum atomic E-state index is 13.2. The highest BCUT2D eigenvalue weighted by Gasteiger charge is 2.31. The smallest absolute Gasteiger partial charge is 0.407 e. The number of benzene rings is 2. The first kappa shape index (κ1) is 26.0. The Morgan fingerprint density at radius 2 is 1.71 bits per heavy atom. The summed E-state index contributed by atoms with van der Waals surface area (Å²) < 4.78 is 10.7. The quantitative estimate of drug-likeness (QED) is 0.448. The van der Waals surface area contributed by atoms with Gasteiger partial charge in [-0.05, 0) is 35.6 Å². The van der Waals surface area contributed by atoms with Crippen molar-refractivity contribution in [2.24, 2.45) is 0 Å². The van der Waals surface area contributed by atoms with Crippen LogP contribution in [0.2, 0.25) is 0 Å². The second-order valence-electron chi connectivity index (χ2n) is 8.54. The minimum atomic E-state index is -1.06. The minimum absolute atomic E-state index is 0.0638. The zero-order valence-corrected chi connectivity index (χ0v) is 20.1. The van der Waals surface area contributed by atoms with Crippen LogP contribution in [-0.4, -0.2) is 66.9 Å². The van der Waals surface area contributed by atoms with Gasteiger partial charge >= 0.3 is 12.1 Å². The zero-order valence-electron chi connectivity index (χ0n) is 20.1. The highest BCUT2D eigenvalue weighted by molar-refractivity contribution is 5.86. The summed E-state index contributed by atoms with van der Waals surface area (Å²) in [6, 6.07) is 14.6. The van der Waals surface area contributed by atoms with Crippen molar-refractivity contribution in [1.29, 1.82) is 0 Å². The fraction of sp³-hybridized carbons (Fsp3) is 0.370. The van der Waals surface area contributed by atoms with E-state index in [1.807, 2.05) is 55.5 Å². The van der Waals surface area contributed by atoms with Crippen LogP contribution in [0.5, 0.6) is 0 Å². The largest absolute Gasteiger partial charge is 0.481 e. The number of fused-ring (bicyclic) bond motifs is 3. The molecule has 0 saturated heterocycles. The predicted octanol–water partition coefficient (Wildman–Crippen LogP) is 3.81. The number of carbonyl (C=O) groups excluding carboxylic acids is 2. The number of nitrogens with one attached hydrogen (secondary N) is 1. The van der Waals surface area contributed by atoms with Gasteiger partial charge in [-0.1, -0.05) is 54.6 Å². The summed E-state index contributed by atoms with van der Waals surface area (Å²) in [5.41, 5.74) is 4.37. The molecule has 2 atom stereocenters. The van der Waals surface area contributed by atoms with E-state index in [4.69, 9.17) is 14.6 Å². The fourth-order valence-corrected chi connectivity index (χ4v) is 4.47. The van der Waals surface area contributed by atoms with Crippen molar-refractivity contribution < 1.29 is 29.0 Å². The Hall–Kier alpha value is -3.65. The van der Waals surface area contributed by atoms with Gasteiger partial charge < -0.3 is 24.8 Å². The van der Waals surface area contributed by atoms with Gasteiger partial charge in [0.2, 0.25) is 5.91 Å². The molecule has 2 aromatic carbocycles. The average molecular weight is 481 g/mol. The van der Waals surface area contributed by atoms with Crippen LogP contribution in [-0.2, 0) is 19.1 Å². The molecule has 0 bridgehead atoms. The van der Waals surface area contributed by atoms with Crippen molar-refractivity contribution in [1.82, 2.24) is 10.2 Å². The topological polar surface area (TPSA) is 105 Å². The molecule has 0 saturated carbocycles. The summed E-state index contributed by atoms with van der Waals surface area (Å²) in [5.74, 6) is -1.60. The van der Waals surface area contributed by atoms with E-state index < -0.39 is 24.0 Å². The highest BCUT2D eigenvalue weighted by Crippen LogP contribution is 2.44. The number of hydrogen-bond acceptors (Lipinski definition) is 5. The number of methoxy groups -OCH3 is 1. The molecular weight excluding hydrogens is 448 g/mol. The first-order valence-corrected chi connectivity index (χ1v) is 11.6. The Morgan fingerprint density at radius 3 is 2.26 bits per heavy atom. The van der Waals surface area contributed by atoms with Crippen LogP contribution in [0.3, 0.4) is 0 Å². The minimum Gasteiger partial charge on any atom is -0.481 e. The van der Waals surface area contributed by atoms with E-state index in [0.717, 1.165) is 22.3 Å². The molecule has 0 heterocycles. The van der Waals surface area contributed by atoms with Crippen molar-refractivity contribution in [3.63, 3.8) is 0 Å². The average Bonchev–Trinajstić information content (AvgIpc) is 3.17. The Balaban J connectivity index is 1.71. The summed E-state index contributed by atoms with van der Waals surface area (Å²) >= 11 is 0. The molecule has 2 amide bonds. The van der Waals surface area contributed by atoms with Gasteiger partial charge in [-0.3, -0.25) is 9.59 Å². The number of alkyl carbamates (subject to hydrolysis) is 1. The van der Waals surface area contributed by atoms with Gasteiger partial charge in [-0.25, -0.2) is 4.79 Å². The summed E-state index contributed by atoms with van der Waals surface area (Å²) in [4.78, 5) is 38.7. The van der Waals surface area contributed by atoms with E-state index in [1.54, 1.807) is 6.08 Å². The van der Waals surface area contributed by atoms with Crippen molar-refractivity contribution in [2.45, 2.75) is 37.8 Å². The van der Waals surface area contributed by atoms with Crippen LogP contribution in [0.1, 0.15) is 36.8 Å². The van der Waals surface area contributed by atoms with E-state index in [-0.39, 0.29) is 44.6 Å². The lowest BCUT2D eigenvalue weighted by molar-refractivity contribution is -0.138. The van der Waals surface area contributed by atoms with E-state index in [1.165, 1.54) is 12.0 Å². The van der Waals surface area contributed by atoms with Crippen LogP contribution in [0, 0.1) is 0 Å². The molecule has 0 fully saturated rings. The van der Waals surface area contributed by atoms with Crippen LogP contribution in [0.4, 0.5) is 4.79 Å². The molecule has 2 unspecified atom stereocenters. The van der Waals surface area contributed by atoms with Crippen molar-refractivity contribution in [3.8, 4) is 11.1 Å². The number of nitrogens with zero attached hydrogens (tertiary/aromatic N) is 1. The summed E-state index contributed by atoms with van der Waals surface area (Å²) in [6.07, 6.45) is 0.464. The van der Waals surface area contributed by atoms with E-state index >= 15 is 0 Å². The Morgan fingerprint density at radius 1 is 1.11 bits per heavy atom. The molecule has 0 spiro atoms. The van der Waals surface area contributed by atoms with Gasteiger partial charge in [-0.2, -0.15) is 0 Å². The number of carboxylic acid groups (broad SMARTS) is 1. The third-order valence-corrected chi connectivity index (χ3v) is 6.13. The normalized spacial score (nSPS) is 13.8. The number of rotatable bonds is 12. The number of carbonyl (C=O) groups is 3. The zero-order chi connectivity index (χ0) is 25.4. The molecule has 2 N–H and O–H groups in total. The lowest BCUT2D eigenvalue weighted by atomic mass is 9.98. The number of amides is 2. The van der Waals surface area contributed by atoms with Gasteiger partial charge in [-0.15, -0.1) is 6.58 Å². The molecule has 0 aromatic heterocycles. The molecular formula is C27H32N2O6. The molecule has 8 nitrogen and oxygen atoms in total. The van der Waals surface area contributed by atoms with Gasteiger partial charge in [0.15, 0.2) is 0 Å². The molecule has 8 heteroatoms. The molecule has 0 aliphatic heterocycles. The molecule has 1 aliphatic rings. The lowest BCUT2D eigenvalue weighted by Gasteiger charge is -2.31. The first-order chi connectivity index (χ1) is 16.9. The summed E-state index contributed by atoms with van der Waals surface area (Å²) in [5, 5.41) is 11.7. The SMILES string of the molecule is C=CCN(C(=O)C(CCC(=O)O)NC(=O)OCC1c2ccccc2-c2ccccc21)C(C)COC. The summed E-state index contributed by atoms with van der Waals surface area (Å²) in [6.45, 7) is 6.12. The highest BCUT2D eigenvalue weighted by atomic mass is 16.5. The van der Waals surface area contributed by atoms with Crippen molar-refractivity contribution in [2.75, 3.05) is 26.9 Å². The van der Waals surface area contributed by atoms with Crippen LogP contribution >= 0.6 is 0 Å². The third-order valence-electron chi connectivity index (χ3n) is 6.13. The second-order valence-corrected chi connectivity index (χ2v) is 8.54. The first-order valence-electron chi connectivity index (χ1n) is 11.6. The maximum absolute atomic E-state index is 13.2. The van der Waals surface area contributed by atoms with Crippen molar-refractivity contribution in [3.05, 3.63) is 72.3 Å². The van der Waals surface area contributed by atoms with E-state index in [2.05, 4.69) is 11.9 Å². The number of carboxylic acids is 1. The number of aliphatic carboxylic acids is 1. The molecule has 35 heavy (non-hydrogen) atoms. The fourth-order valence-electron chi connectivity index (χ4n) is 4.47. The predicted molar refractivity (Wildman–Crippen MR) is 132 cm³/mol. The Bertz CT molecular complexity index is 1020. The Labute approximate surface area is 205 Å². The van der Waals surface area contributed by atoms with Crippen LogP contribution in [0.25, 0.3) is 11.1 Å². The van der Waals surface area contributed by atoms with Gasteiger partial charge in [0.05, 0.1) is 12.6 Å². The monoisotopic (exact) mass is 480 g/mol.